The third kappa shape index (κ3) is 5.13. The lowest BCUT2D eigenvalue weighted by Gasteiger charge is -2.26. The first-order valence-electron chi connectivity index (χ1n) is 11.8. The second-order valence-corrected chi connectivity index (χ2v) is 9.87. The number of aromatic nitrogens is 2. The number of thioether (sulfide) groups is 1. The van der Waals surface area contributed by atoms with E-state index in [1.165, 1.54) is 23.9 Å². The van der Waals surface area contributed by atoms with Crippen LogP contribution in [0.4, 0.5) is 19.0 Å². The predicted molar refractivity (Wildman–Crippen MR) is 137 cm³/mol. The number of carbonyl (C=O) groups is 1. The Morgan fingerprint density at radius 2 is 2.08 bits per heavy atom. The standard InChI is InChI=1S/C26H27F3N4O2S/c1-4-5-6-16-11-19-22-23(21(16)18-8-7-17(28)12-20(18)29)36-10-9-33(22)26(35)32-24(19)31-14(2)13-30-25(34)15(3)27/h7-8,11-12,14H,3-6,9-10,13H2,1-2H3,(H,30,34)(H,31,32,35)/t14-/m0/s1. The van der Waals surface area contributed by atoms with Gasteiger partial charge in [0.25, 0.3) is 5.91 Å². The molecule has 0 spiro atoms. The summed E-state index contributed by atoms with van der Waals surface area (Å²) in [7, 11) is 0. The van der Waals surface area contributed by atoms with Crippen molar-refractivity contribution in [2.75, 3.05) is 17.6 Å². The molecule has 6 nitrogen and oxygen atoms in total. The summed E-state index contributed by atoms with van der Waals surface area (Å²) in [5, 5.41) is 6.28. The van der Waals surface area contributed by atoms with Crippen LogP contribution < -0.4 is 16.3 Å². The van der Waals surface area contributed by atoms with Gasteiger partial charge in [-0.2, -0.15) is 4.98 Å². The lowest BCUT2D eigenvalue weighted by Crippen LogP contribution is -2.36. The van der Waals surface area contributed by atoms with Crippen LogP contribution in [0.1, 0.15) is 32.3 Å². The molecule has 0 aliphatic carbocycles. The van der Waals surface area contributed by atoms with Gasteiger partial charge in [0, 0.05) is 52.4 Å². The van der Waals surface area contributed by atoms with Crippen molar-refractivity contribution in [3.8, 4) is 11.1 Å². The van der Waals surface area contributed by atoms with Crippen molar-refractivity contribution in [2.24, 2.45) is 0 Å². The Morgan fingerprint density at radius 3 is 2.78 bits per heavy atom. The first-order valence-corrected chi connectivity index (χ1v) is 12.8. The Bertz CT molecular complexity index is 1410. The summed E-state index contributed by atoms with van der Waals surface area (Å²) < 4.78 is 43.3. The highest BCUT2D eigenvalue weighted by molar-refractivity contribution is 7.99. The summed E-state index contributed by atoms with van der Waals surface area (Å²) in [6, 6.07) is 5.09. The van der Waals surface area contributed by atoms with Gasteiger partial charge in [-0.3, -0.25) is 9.36 Å². The zero-order valence-electron chi connectivity index (χ0n) is 20.1. The minimum atomic E-state index is -1.08. The Kier molecular flexibility index (Phi) is 7.73. The summed E-state index contributed by atoms with van der Waals surface area (Å²) in [5.74, 6) is -2.36. The highest BCUT2D eigenvalue weighted by Crippen LogP contribution is 2.44. The minimum absolute atomic E-state index is 0.0806. The van der Waals surface area contributed by atoms with Gasteiger partial charge >= 0.3 is 5.69 Å². The number of unbranched alkanes of at least 4 members (excludes halogenated alkanes) is 1. The molecule has 0 fully saturated rings. The summed E-state index contributed by atoms with van der Waals surface area (Å²) in [6.45, 7) is 7.33. The number of nitrogens with one attached hydrogen (secondary N) is 2. The number of hydrogen-bond acceptors (Lipinski definition) is 5. The summed E-state index contributed by atoms with van der Waals surface area (Å²) in [6.07, 6.45) is 2.44. The maximum atomic E-state index is 15.0. The topological polar surface area (TPSA) is 76.0 Å². The van der Waals surface area contributed by atoms with Crippen molar-refractivity contribution < 1.29 is 18.0 Å². The van der Waals surface area contributed by atoms with Crippen LogP contribution in [0, 0.1) is 11.6 Å². The molecule has 1 amide bonds. The van der Waals surface area contributed by atoms with Crippen LogP contribution in [0.3, 0.4) is 0 Å². The molecule has 0 unspecified atom stereocenters. The van der Waals surface area contributed by atoms with Gasteiger partial charge in [-0.15, -0.1) is 11.8 Å². The molecule has 36 heavy (non-hydrogen) atoms. The zero-order chi connectivity index (χ0) is 26.0. The minimum Gasteiger partial charge on any atom is -0.365 e. The number of anilines is 1. The first-order chi connectivity index (χ1) is 17.2. The fourth-order valence-corrected chi connectivity index (χ4v) is 5.56. The second kappa shape index (κ2) is 10.8. The quantitative estimate of drug-likeness (QED) is 0.383. The number of amides is 1. The molecule has 0 radical (unpaired) electrons. The number of aryl methyl sites for hydroxylation is 2. The van der Waals surface area contributed by atoms with Crippen LogP contribution in [0.5, 0.6) is 0 Å². The molecule has 0 saturated heterocycles. The Hall–Kier alpha value is -3.27. The number of rotatable bonds is 9. The van der Waals surface area contributed by atoms with E-state index in [0.29, 0.717) is 46.6 Å². The van der Waals surface area contributed by atoms with Crippen LogP contribution in [0.15, 0.2) is 46.4 Å². The van der Waals surface area contributed by atoms with Gasteiger partial charge in [0.15, 0.2) is 5.83 Å². The van der Waals surface area contributed by atoms with E-state index in [1.807, 2.05) is 6.07 Å². The van der Waals surface area contributed by atoms with Gasteiger partial charge < -0.3 is 10.6 Å². The van der Waals surface area contributed by atoms with Gasteiger partial charge in [0.2, 0.25) is 0 Å². The number of hydrogen-bond donors (Lipinski definition) is 2. The Morgan fingerprint density at radius 1 is 1.31 bits per heavy atom. The van der Waals surface area contributed by atoms with Crippen molar-refractivity contribution in [1.29, 1.82) is 0 Å². The highest BCUT2D eigenvalue weighted by Gasteiger charge is 2.26. The molecule has 2 aromatic carbocycles. The van der Waals surface area contributed by atoms with Gasteiger partial charge in [0.1, 0.15) is 17.5 Å². The van der Waals surface area contributed by atoms with Crippen LogP contribution in [-0.4, -0.2) is 33.8 Å². The highest BCUT2D eigenvalue weighted by atomic mass is 32.2. The van der Waals surface area contributed by atoms with Gasteiger partial charge in [-0.25, -0.2) is 18.0 Å². The lowest BCUT2D eigenvalue weighted by molar-refractivity contribution is -0.118. The van der Waals surface area contributed by atoms with E-state index in [-0.39, 0.29) is 12.6 Å². The van der Waals surface area contributed by atoms with Crippen molar-refractivity contribution in [3.05, 3.63) is 64.4 Å². The van der Waals surface area contributed by atoms with Crippen molar-refractivity contribution >= 4 is 34.4 Å². The molecular weight excluding hydrogens is 489 g/mol. The van der Waals surface area contributed by atoms with Crippen molar-refractivity contribution in [2.45, 2.75) is 50.6 Å². The first kappa shape index (κ1) is 25.8. The van der Waals surface area contributed by atoms with Gasteiger partial charge in [0.05, 0.1) is 5.52 Å². The molecule has 3 aromatic rings. The monoisotopic (exact) mass is 516 g/mol. The van der Waals surface area contributed by atoms with Crippen LogP contribution in [-0.2, 0) is 17.8 Å². The van der Waals surface area contributed by atoms with Crippen LogP contribution in [0.2, 0.25) is 0 Å². The fraction of sp³-hybridized carbons (Fsp3) is 0.346. The smallest absolute Gasteiger partial charge is 0.350 e. The van der Waals surface area contributed by atoms with E-state index in [2.05, 4.69) is 29.1 Å². The molecule has 0 saturated carbocycles. The third-order valence-corrected chi connectivity index (χ3v) is 7.13. The van der Waals surface area contributed by atoms with Crippen molar-refractivity contribution in [1.82, 2.24) is 14.9 Å². The Labute approximate surface area is 211 Å². The average Bonchev–Trinajstić information content (AvgIpc) is 2.84. The molecule has 4 rings (SSSR count). The molecule has 2 N–H and O–H groups in total. The van der Waals surface area contributed by atoms with E-state index in [0.717, 1.165) is 29.4 Å². The second-order valence-electron chi connectivity index (χ2n) is 8.77. The zero-order valence-corrected chi connectivity index (χ0v) is 20.9. The van der Waals surface area contributed by atoms with Gasteiger partial charge in [-0.05, 0) is 43.5 Å². The number of carbonyl (C=O) groups excluding carboxylic acids is 1. The van der Waals surface area contributed by atoms with Crippen LogP contribution >= 0.6 is 11.8 Å². The molecule has 10 heteroatoms. The number of nitrogens with zero attached hydrogens (tertiary/aromatic N) is 2. The van der Waals surface area contributed by atoms with E-state index in [1.54, 1.807) is 11.5 Å². The third-order valence-electron chi connectivity index (χ3n) is 6.06. The molecule has 1 aliphatic rings. The summed E-state index contributed by atoms with van der Waals surface area (Å²) in [4.78, 5) is 29.5. The molecule has 190 valence electrons. The molecular formula is C26H27F3N4O2S. The Balaban J connectivity index is 1.89. The predicted octanol–water partition coefficient (Wildman–Crippen LogP) is 5.19. The van der Waals surface area contributed by atoms with Crippen molar-refractivity contribution in [3.63, 3.8) is 0 Å². The van der Waals surface area contributed by atoms with Gasteiger partial charge in [-0.1, -0.05) is 19.9 Å². The maximum absolute atomic E-state index is 15.0. The number of benzene rings is 2. The number of halogens is 3. The van der Waals surface area contributed by atoms with E-state index in [4.69, 9.17) is 0 Å². The normalized spacial score (nSPS) is 13.5. The fourth-order valence-electron chi connectivity index (χ4n) is 4.34. The summed E-state index contributed by atoms with van der Waals surface area (Å²) >= 11 is 1.53. The average molecular weight is 517 g/mol. The SMILES string of the molecule is C=C(F)C(=O)NC[C@H](C)Nc1nc(=O)n2c3c(c(-c4ccc(F)cc4F)c(CCCC)cc13)SCC2. The molecule has 2 heterocycles. The lowest BCUT2D eigenvalue weighted by atomic mass is 9.93. The molecule has 1 aliphatic heterocycles. The molecule has 0 bridgehead atoms. The largest absolute Gasteiger partial charge is 0.365 e. The molecule has 1 atom stereocenters. The molecule has 1 aromatic heterocycles. The van der Waals surface area contributed by atoms with E-state index in [9.17, 15) is 18.4 Å². The van der Waals surface area contributed by atoms with E-state index >= 15 is 4.39 Å². The summed E-state index contributed by atoms with van der Waals surface area (Å²) in [5.41, 5.74) is 2.03. The van der Waals surface area contributed by atoms with Crippen LogP contribution in [0.25, 0.3) is 22.0 Å². The van der Waals surface area contributed by atoms with E-state index < -0.39 is 29.1 Å². The maximum Gasteiger partial charge on any atom is 0.350 e.